The van der Waals surface area contributed by atoms with Gasteiger partial charge in [-0.3, -0.25) is 4.79 Å². The van der Waals surface area contributed by atoms with Crippen molar-refractivity contribution in [1.82, 2.24) is 24.5 Å². The van der Waals surface area contributed by atoms with Crippen LogP contribution in [0.5, 0.6) is 0 Å². The summed E-state index contributed by atoms with van der Waals surface area (Å²) >= 11 is 1.44. The minimum atomic E-state index is -0.310. The van der Waals surface area contributed by atoms with Gasteiger partial charge in [0.05, 0.1) is 6.42 Å². The number of aryl methyl sites for hydroxylation is 2. The van der Waals surface area contributed by atoms with E-state index in [-0.39, 0.29) is 24.7 Å². The molecule has 0 bridgehead atoms. The van der Waals surface area contributed by atoms with Gasteiger partial charge in [-0.1, -0.05) is 30.0 Å². The van der Waals surface area contributed by atoms with Crippen LogP contribution >= 0.6 is 11.8 Å². The molecule has 8 heteroatoms. The van der Waals surface area contributed by atoms with Crippen LogP contribution in [0.25, 0.3) is 5.78 Å². The molecule has 0 unspecified atom stereocenters. The number of nitrogens with zero attached hydrogens (tertiary/aromatic N) is 5. The molecule has 0 fully saturated rings. The Hall–Kier alpha value is -2.48. The minimum absolute atomic E-state index is 0.106. The lowest BCUT2D eigenvalue weighted by Gasteiger charge is -2.19. The third-order valence-electron chi connectivity index (χ3n) is 4.33. The molecule has 1 aromatic carbocycles. The number of thioether (sulfide) groups is 1. The summed E-state index contributed by atoms with van der Waals surface area (Å²) in [6, 6.07) is 6.47. The van der Waals surface area contributed by atoms with Crippen LogP contribution in [0, 0.1) is 19.7 Å². The molecule has 3 rings (SSSR count). The van der Waals surface area contributed by atoms with Gasteiger partial charge in [0.15, 0.2) is 0 Å². The summed E-state index contributed by atoms with van der Waals surface area (Å²) in [5.41, 5.74) is 2.90. The maximum absolute atomic E-state index is 13.8. The molecular formula is C18H20FN5OS. The van der Waals surface area contributed by atoms with Crippen molar-refractivity contribution in [2.45, 2.75) is 32.0 Å². The van der Waals surface area contributed by atoms with Gasteiger partial charge in [0.1, 0.15) is 5.82 Å². The van der Waals surface area contributed by atoms with Gasteiger partial charge in [0.2, 0.25) is 11.1 Å². The molecule has 0 aliphatic rings. The summed E-state index contributed by atoms with van der Waals surface area (Å²) in [7, 11) is 1.67. The van der Waals surface area contributed by atoms with Crippen molar-refractivity contribution in [2.75, 3.05) is 13.3 Å². The van der Waals surface area contributed by atoms with Crippen LogP contribution in [0.4, 0.5) is 4.39 Å². The van der Waals surface area contributed by atoms with Gasteiger partial charge in [-0.15, -0.1) is 5.10 Å². The molecule has 2 aromatic heterocycles. The molecule has 2 heterocycles. The smallest absolute Gasteiger partial charge is 0.253 e. The number of rotatable bonds is 5. The standard InChI is InChI=1S/C18H20FN5OS/c1-11-14(12(2)24-17(20-11)21-18(22-24)26-4)9-16(25)23(3)10-13-7-5-6-8-15(13)19/h5-8H,9-10H2,1-4H3. The average molecular weight is 373 g/mol. The van der Waals surface area contributed by atoms with Crippen LogP contribution in [0.15, 0.2) is 29.4 Å². The molecule has 0 atom stereocenters. The predicted molar refractivity (Wildman–Crippen MR) is 98.6 cm³/mol. The van der Waals surface area contributed by atoms with E-state index < -0.39 is 0 Å². The van der Waals surface area contributed by atoms with Crippen LogP contribution in [0.1, 0.15) is 22.5 Å². The molecule has 0 spiro atoms. The third-order valence-corrected chi connectivity index (χ3v) is 4.87. The van der Waals surface area contributed by atoms with E-state index in [4.69, 9.17) is 0 Å². The minimum Gasteiger partial charge on any atom is -0.341 e. The second-order valence-corrected chi connectivity index (χ2v) is 6.86. The van der Waals surface area contributed by atoms with E-state index in [1.165, 1.54) is 22.7 Å². The molecule has 0 saturated heterocycles. The van der Waals surface area contributed by atoms with Crippen molar-refractivity contribution in [1.29, 1.82) is 0 Å². The number of aromatic nitrogens is 4. The Labute approximate surface area is 155 Å². The number of benzene rings is 1. The number of carbonyl (C=O) groups excluding carboxylic acids is 1. The van der Waals surface area contributed by atoms with Crippen LogP contribution < -0.4 is 0 Å². The predicted octanol–water partition coefficient (Wildman–Crippen LogP) is 2.80. The fourth-order valence-electron chi connectivity index (χ4n) is 2.79. The quantitative estimate of drug-likeness (QED) is 0.644. The molecule has 0 aliphatic carbocycles. The largest absolute Gasteiger partial charge is 0.341 e. The van der Waals surface area contributed by atoms with Crippen molar-refractivity contribution >= 4 is 23.4 Å². The lowest BCUT2D eigenvalue weighted by molar-refractivity contribution is -0.129. The Balaban J connectivity index is 1.83. The van der Waals surface area contributed by atoms with E-state index in [0.717, 1.165) is 17.0 Å². The van der Waals surface area contributed by atoms with Crippen LogP contribution in [-0.2, 0) is 17.8 Å². The molecule has 3 aromatic rings. The first-order valence-electron chi connectivity index (χ1n) is 8.15. The van der Waals surface area contributed by atoms with Gasteiger partial charge >= 0.3 is 0 Å². The van der Waals surface area contributed by atoms with Crippen LogP contribution in [0.3, 0.4) is 0 Å². The maximum atomic E-state index is 13.8. The first-order valence-corrected chi connectivity index (χ1v) is 9.37. The van der Waals surface area contributed by atoms with E-state index in [0.29, 0.717) is 16.5 Å². The van der Waals surface area contributed by atoms with Gasteiger partial charge in [-0.2, -0.15) is 4.98 Å². The van der Waals surface area contributed by atoms with Gasteiger partial charge in [0, 0.05) is 36.1 Å². The highest BCUT2D eigenvalue weighted by molar-refractivity contribution is 7.98. The first kappa shape index (κ1) is 18.3. The van der Waals surface area contributed by atoms with E-state index in [2.05, 4.69) is 15.1 Å². The number of hydrogen-bond donors (Lipinski definition) is 0. The van der Waals surface area contributed by atoms with Crippen molar-refractivity contribution < 1.29 is 9.18 Å². The summed E-state index contributed by atoms with van der Waals surface area (Å²) < 4.78 is 15.5. The number of likely N-dealkylation sites (N-methyl/N-ethyl adjacent to an activating group) is 1. The van der Waals surface area contributed by atoms with Crippen molar-refractivity contribution in [2.24, 2.45) is 0 Å². The van der Waals surface area contributed by atoms with Crippen LogP contribution in [-0.4, -0.2) is 43.7 Å². The fraction of sp³-hybridized carbons (Fsp3) is 0.333. The van der Waals surface area contributed by atoms with Crippen molar-refractivity contribution in [3.8, 4) is 0 Å². The SMILES string of the molecule is CSc1nc2nc(C)c(CC(=O)N(C)Cc3ccccc3F)c(C)n2n1. The van der Waals surface area contributed by atoms with Gasteiger partial charge < -0.3 is 4.90 Å². The molecule has 0 aliphatic heterocycles. The lowest BCUT2D eigenvalue weighted by atomic mass is 10.1. The first-order chi connectivity index (χ1) is 12.4. The molecule has 0 radical (unpaired) electrons. The average Bonchev–Trinajstić information content (AvgIpc) is 3.03. The van der Waals surface area contributed by atoms with Gasteiger partial charge in [0.25, 0.3) is 5.78 Å². The summed E-state index contributed by atoms with van der Waals surface area (Å²) in [5, 5.41) is 5.03. The second kappa shape index (κ2) is 7.41. The molecular weight excluding hydrogens is 353 g/mol. The number of halogens is 1. The Morgan fingerprint density at radius 1 is 1.27 bits per heavy atom. The molecule has 136 valence electrons. The molecule has 6 nitrogen and oxygen atoms in total. The second-order valence-electron chi connectivity index (χ2n) is 6.09. The Morgan fingerprint density at radius 2 is 2.00 bits per heavy atom. The topological polar surface area (TPSA) is 63.4 Å². The summed E-state index contributed by atoms with van der Waals surface area (Å²) in [4.78, 5) is 23.0. The summed E-state index contributed by atoms with van der Waals surface area (Å²) in [6.07, 6.45) is 2.08. The molecule has 0 N–H and O–H groups in total. The number of fused-ring (bicyclic) bond motifs is 1. The van der Waals surface area contributed by atoms with E-state index in [9.17, 15) is 9.18 Å². The van der Waals surface area contributed by atoms with Crippen molar-refractivity contribution in [3.05, 3.63) is 52.6 Å². The zero-order chi connectivity index (χ0) is 18.8. The number of hydrogen-bond acceptors (Lipinski definition) is 5. The normalized spacial score (nSPS) is 11.1. The third kappa shape index (κ3) is 3.55. The summed E-state index contributed by atoms with van der Waals surface area (Å²) in [6.45, 7) is 3.99. The highest BCUT2D eigenvalue weighted by Gasteiger charge is 2.18. The Bertz CT molecular complexity index is 972. The van der Waals surface area contributed by atoms with E-state index >= 15 is 0 Å². The zero-order valence-electron chi connectivity index (χ0n) is 15.2. The fourth-order valence-corrected chi connectivity index (χ4v) is 3.13. The van der Waals surface area contributed by atoms with Crippen molar-refractivity contribution in [3.63, 3.8) is 0 Å². The Kier molecular flexibility index (Phi) is 5.22. The number of carbonyl (C=O) groups is 1. The monoisotopic (exact) mass is 373 g/mol. The zero-order valence-corrected chi connectivity index (χ0v) is 16.0. The van der Waals surface area contributed by atoms with Gasteiger partial charge in [-0.25, -0.2) is 13.9 Å². The van der Waals surface area contributed by atoms with Crippen LogP contribution in [0.2, 0.25) is 0 Å². The Morgan fingerprint density at radius 3 is 2.69 bits per heavy atom. The summed E-state index contributed by atoms with van der Waals surface area (Å²) in [5.74, 6) is 0.112. The lowest BCUT2D eigenvalue weighted by Crippen LogP contribution is -2.29. The molecule has 0 saturated carbocycles. The van der Waals surface area contributed by atoms with E-state index in [1.807, 2.05) is 20.1 Å². The highest BCUT2D eigenvalue weighted by Crippen LogP contribution is 2.18. The molecule has 1 amide bonds. The van der Waals surface area contributed by atoms with Gasteiger partial charge in [-0.05, 0) is 26.2 Å². The molecule has 26 heavy (non-hydrogen) atoms. The number of amides is 1. The van der Waals surface area contributed by atoms with E-state index in [1.54, 1.807) is 29.8 Å². The maximum Gasteiger partial charge on any atom is 0.253 e. The highest BCUT2D eigenvalue weighted by atomic mass is 32.2.